The van der Waals surface area contributed by atoms with Crippen molar-refractivity contribution in [2.75, 3.05) is 0 Å². The largest absolute Gasteiger partial charge is 0.348 e. The van der Waals surface area contributed by atoms with Gasteiger partial charge in [0, 0.05) is 41.2 Å². The molecule has 2 atom stereocenters. The number of amides is 2. The van der Waals surface area contributed by atoms with E-state index in [-0.39, 0.29) is 29.8 Å². The molecule has 3 heterocycles. The number of aromatic amines is 1. The van der Waals surface area contributed by atoms with Crippen LogP contribution in [0.3, 0.4) is 0 Å². The summed E-state index contributed by atoms with van der Waals surface area (Å²) in [6, 6.07) is 6.42. The molecule has 2 unspecified atom stereocenters. The third-order valence-electron chi connectivity index (χ3n) is 6.82. The van der Waals surface area contributed by atoms with E-state index in [1.807, 2.05) is 20.8 Å². The maximum Gasteiger partial charge on any atom is 0.315 e. The summed E-state index contributed by atoms with van der Waals surface area (Å²) in [6.45, 7) is 5.66. The molecular formula is C27H29FN8O3. The van der Waals surface area contributed by atoms with E-state index in [1.54, 1.807) is 24.4 Å². The lowest BCUT2D eigenvalue weighted by Gasteiger charge is -2.17. The van der Waals surface area contributed by atoms with Gasteiger partial charge in [-0.2, -0.15) is 4.98 Å². The molecule has 11 nitrogen and oxygen atoms in total. The van der Waals surface area contributed by atoms with Crippen molar-refractivity contribution in [3.05, 3.63) is 59.4 Å². The van der Waals surface area contributed by atoms with E-state index in [2.05, 4.69) is 30.7 Å². The first-order valence-corrected chi connectivity index (χ1v) is 12.7. The zero-order valence-electron chi connectivity index (χ0n) is 21.8. The lowest BCUT2D eigenvalue weighted by Crippen LogP contribution is -2.37. The summed E-state index contributed by atoms with van der Waals surface area (Å²) in [5.74, 6) is -0.589. The van der Waals surface area contributed by atoms with Crippen LogP contribution in [-0.2, 0) is 16.8 Å². The van der Waals surface area contributed by atoms with E-state index >= 15 is 4.39 Å². The van der Waals surface area contributed by atoms with Crippen LogP contribution >= 0.6 is 0 Å². The third-order valence-corrected chi connectivity index (χ3v) is 6.82. The molecule has 4 N–H and O–H groups in total. The monoisotopic (exact) mass is 532 g/mol. The van der Waals surface area contributed by atoms with Crippen LogP contribution in [0.2, 0.25) is 0 Å². The fourth-order valence-corrected chi connectivity index (χ4v) is 4.75. The molecule has 0 aliphatic heterocycles. The van der Waals surface area contributed by atoms with E-state index in [4.69, 9.17) is 14.9 Å². The first-order valence-electron chi connectivity index (χ1n) is 12.7. The highest BCUT2D eigenvalue weighted by molar-refractivity contribution is 6.25. The number of fused-ring (bicyclic) bond motifs is 1. The predicted molar refractivity (Wildman–Crippen MR) is 141 cm³/mol. The Hall–Kier alpha value is -4.48. The number of pyridine rings is 1. The minimum Gasteiger partial charge on any atom is -0.348 e. The molecule has 0 radical (unpaired) electrons. The molecule has 1 aliphatic carbocycles. The number of benzene rings is 1. The molecule has 3 aromatic heterocycles. The summed E-state index contributed by atoms with van der Waals surface area (Å²) >= 11 is 0. The van der Waals surface area contributed by atoms with Crippen LogP contribution in [0.5, 0.6) is 0 Å². The van der Waals surface area contributed by atoms with E-state index in [1.165, 1.54) is 6.07 Å². The number of carbonyl (C=O) groups is 2. The predicted octanol–water partition coefficient (Wildman–Crippen LogP) is 3.78. The van der Waals surface area contributed by atoms with Crippen molar-refractivity contribution >= 4 is 29.2 Å². The second kappa shape index (κ2) is 10.4. The summed E-state index contributed by atoms with van der Waals surface area (Å²) in [7, 11) is 0. The molecule has 1 aliphatic rings. The zero-order chi connectivity index (χ0) is 27.7. The minimum atomic E-state index is -0.580. The van der Waals surface area contributed by atoms with Crippen molar-refractivity contribution in [3.8, 4) is 11.1 Å². The smallest absolute Gasteiger partial charge is 0.315 e. The first-order chi connectivity index (χ1) is 18.6. The fraction of sp³-hybridized carbons (Fsp3) is 0.370. The van der Waals surface area contributed by atoms with Crippen molar-refractivity contribution in [2.45, 2.75) is 64.0 Å². The number of hydrogen-bond donors (Lipinski definition) is 4. The van der Waals surface area contributed by atoms with Crippen molar-refractivity contribution < 1.29 is 18.5 Å². The molecule has 0 bridgehead atoms. The van der Waals surface area contributed by atoms with Gasteiger partial charge in [-0.05, 0) is 30.5 Å². The Morgan fingerprint density at radius 1 is 1.23 bits per heavy atom. The van der Waals surface area contributed by atoms with Gasteiger partial charge in [0.05, 0.1) is 6.21 Å². The standard InChI is InChI=1S/C27H29FN8O3/c1-27(2,3)26-35-25(39-36-26)24(38)31-13-15-8-7-14(11-18(15)28)16-9-10-30-23-21(16)33-22(34-23)17-5-4-6-19(17)32-20(37)12-29/h7-12,17,19,29H,4-6,13H2,1-3H3,(H,31,38)(H,32,37)(H,30,33,34). The van der Waals surface area contributed by atoms with Crippen LogP contribution in [0.1, 0.15) is 73.8 Å². The molecule has 4 aromatic rings. The Morgan fingerprint density at radius 2 is 2.05 bits per heavy atom. The summed E-state index contributed by atoms with van der Waals surface area (Å²) in [4.78, 5) is 40.7. The molecular weight excluding hydrogens is 503 g/mol. The average molecular weight is 533 g/mol. The molecule has 2 amide bonds. The van der Waals surface area contributed by atoms with Crippen molar-refractivity contribution in [1.29, 1.82) is 5.41 Å². The van der Waals surface area contributed by atoms with Crippen LogP contribution in [0, 0.1) is 11.2 Å². The fourth-order valence-electron chi connectivity index (χ4n) is 4.75. The molecule has 0 spiro atoms. The number of nitrogens with zero attached hydrogens (tertiary/aromatic N) is 4. The minimum absolute atomic E-state index is 0.0306. The highest BCUT2D eigenvalue weighted by atomic mass is 19.1. The molecule has 39 heavy (non-hydrogen) atoms. The molecule has 1 fully saturated rings. The van der Waals surface area contributed by atoms with Crippen LogP contribution < -0.4 is 10.6 Å². The van der Waals surface area contributed by atoms with E-state index in [9.17, 15) is 9.59 Å². The lowest BCUT2D eigenvalue weighted by molar-refractivity contribution is -0.115. The Bertz CT molecular complexity index is 1550. The SMILES string of the molecule is CC(C)(C)c1noc(C(=O)NCc2ccc(-c3ccnc4[nH]c(C5CCCC5NC(=O)C=N)nc34)cc2F)n1. The lowest BCUT2D eigenvalue weighted by atomic mass is 9.96. The summed E-state index contributed by atoms with van der Waals surface area (Å²) in [6.07, 6.45) is 4.97. The zero-order valence-corrected chi connectivity index (χ0v) is 21.8. The van der Waals surface area contributed by atoms with Gasteiger partial charge in [0.25, 0.3) is 5.91 Å². The van der Waals surface area contributed by atoms with Gasteiger partial charge in [0.2, 0.25) is 0 Å². The van der Waals surface area contributed by atoms with Gasteiger partial charge in [-0.15, -0.1) is 0 Å². The highest BCUT2D eigenvalue weighted by Crippen LogP contribution is 2.35. The van der Waals surface area contributed by atoms with Crippen LogP contribution in [0.15, 0.2) is 35.0 Å². The van der Waals surface area contributed by atoms with Gasteiger partial charge in [0.15, 0.2) is 11.5 Å². The normalized spacial score (nSPS) is 17.3. The highest BCUT2D eigenvalue weighted by Gasteiger charge is 2.32. The van der Waals surface area contributed by atoms with E-state index in [0.29, 0.717) is 39.5 Å². The number of halogens is 1. The maximum absolute atomic E-state index is 15.1. The summed E-state index contributed by atoms with van der Waals surface area (Å²) < 4.78 is 20.1. The van der Waals surface area contributed by atoms with Gasteiger partial charge in [-0.1, -0.05) is 44.5 Å². The second-order valence-corrected chi connectivity index (χ2v) is 10.6. The molecule has 0 saturated heterocycles. The maximum atomic E-state index is 15.1. The second-order valence-electron chi connectivity index (χ2n) is 10.6. The van der Waals surface area contributed by atoms with Crippen LogP contribution in [0.4, 0.5) is 4.39 Å². The van der Waals surface area contributed by atoms with Crippen LogP contribution in [0.25, 0.3) is 22.3 Å². The topological polar surface area (TPSA) is 163 Å². The molecule has 12 heteroatoms. The number of carbonyl (C=O) groups excluding carboxylic acids is 2. The van der Waals surface area contributed by atoms with Crippen molar-refractivity contribution in [3.63, 3.8) is 0 Å². The number of aromatic nitrogens is 5. The van der Waals surface area contributed by atoms with Crippen molar-refractivity contribution in [2.24, 2.45) is 0 Å². The molecule has 202 valence electrons. The van der Waals surface area contributed by atoms with Crippen molar-refractivity contribution in [1.82, 2.24) is 35.7 Å². The number of rotatable bonds is 7. The Kier molecular flexibility index (Phi) is 6.94. The van der Waals surface area contributed by atoms with Gasteiger partial charge < -0.3 is 25.5 Å². The average Bonchev–Trinajstić information content (AvgIpc) is 3.66. The number of imidazole rings is 1. The third kappa shape index (κ3) is 5.40. The van der Waals surface area contributed by atoms with Crippen LogP contribution in [-0.4, -0.2) is 49.2 Å². The summed E-state index contributed by atoms with van der Waals surface area (Å²) in [5.41, 5.74) is 2.41. The van der Waals surface area contributed by atoms with Gasteiger partial charge in [0.1, 0.15) is 17.2 Å². The van der Waals surface area contributed by atoms with E-state index in [0.717, 1.165) is 25.5 Å². The van der Waals surface area contributed by atoms with Gasteiger partial charge in [-0.25, -0.2) is 14.4 Å². The molecule has 1 aromatic carbocycles. The Labute approximate surface area is 223 Å². The van der Waals surface area contributed by atoms with Gasteiger partial charge >= 0.3 is 11.8 Å². The molecule has 5 rings (SSSR count). The first kappa shape index (κ1) is 26.1. The number of nitrogens with one attached hydrogen (secondary N) is 4. The number of H-pyrrole nitrogens is 1. The quantitative estimate of drug-likeness (QED) is 0.263. The number of hydrogen-bond acceptors (Lipinski definition) is 8. The Morgan fingerprint density at radius 3 is 2.77 bits per heavy atom. The Balaban J connectivity index is 1.33. The van der Waals surface area contributed by atoms with Gasteiger partial charge in [-0.3, -0.25) is 9.59 Å². The molecule has 1 saturated carbocycles. The van der Waals surface area contributed by atoms with E-state index < -0.39 is 17.6 Å². The summed E-state index contributed by atoms with van der Waals surface area (Å²) in [5, 5.41) is 16.5.